The van der Waals surface area contributed by atoms with E-state index in [1.165, 1.54) is 17.0 Å². The number of aromatic amines is 1. The van der Waals surface area contributed by atoms with Crippen LogP contribution in [0.4, 0.5) is 0 Å². The van der Waals surface area contributed by atoms with Crippen LogP contribution in [0.15, 0.2) is 32.5 Å². The van der Waals surface area contributed by atoms with E-state index in [-0.39, 0.29) is 17.2 Å². The summed E-state index contributed by atoms with van der Waals surface area (Å²) < 4.78 is 1.31. The van der Waals surface area contributed by atoms with Crippen LogP contribution in [0.2, 0.25) is 0 Å². The number of oxime groups is 1. The molecule has 2 aromatic heterocycles. The van der Waals surface area contributed by atoms with Crippen molar-refractivity contribution in [1.82, 2.24) is 24.7 Å². The summed E-state index contributed by atoms with van der Waals surface area (Å²) in [6.07, 6.45) is 2.88. The van der Waals surface area contributed by atoms with Gasteiger partial charge >= 0.3 is 5.69 Å². The maximum atomic E-state index is 11.2. The van der Waals surface area contributed by atoms with Crippen LogP contribution in [0.3, 0.4) is 0 Å². The molecule has 0 saturated heterocycles. The molecule has 10 heteroatoms. The first-order valence-corrected chi connectivity index (χ1v) is 5.53. The molecule has 0 spiro atoms. The molecule has 0 saturated carbocycles. The van der Waals surface area contributed by atoms with Crippen LogP contribution < -0.4 is 11.4 Å². The molecule has 0 unspecified atom stereocenters. The minimum atomic E-state index is -0.341. The summed E-state index contributed by atoms with van der Waals surface area (Å²) in [5, 5.41) is 18.4. The van der Waals surface area contributed by atoms with E-state index in [0.29, 0.717) is 10.2 Å². The van der Waals surface area contributed by atoms with Gasteiger partial charge in [-0.2, -0.15) is 0 Å². The summed E-state index contributed by atoms with van der Waals surface area (Å²) in [4.78, 5) is 19.2. The first-order chi connectivity index (χ1) is 8.63. The van der Waals surface area contributed by atoms with Crippen LogP contribution in [-0.2, 0) is 7.05 Å². The van der Waals surface area contributed by atoms with Gasteiger partial charge in [0.1, 0.15) is 10.7 Å². The number of rotatable bonds is 3. The highest BCUT2D eigenvalue weighted by Crippen LogP contribution is 2.24. The minimum Gasteiger partial charge on any atom is -0.409 e. The second-order valence-electron chi connectivity index (χ2n) is 3.17. The SMILES string of the molecule is Cn1c(Sc2nccnc2C(N)=NO)n[nH]c1=O. The number of nitrogens with zero attached hydrogens (tertiary/aromatic N) is 5. The molecule has 0 radical (unpaired) electrons. The van der Waals surface area contributed by atoms with Crippen molar-refractivity contribution >= 4 is 17.6 Å². The number of hydrogen-bond donors (Lipinski definition) is 3. The maximum absolute atomic E-state index is 11.2. The van der Waals surface area contributed by atoms with E-state index < -0.39 is 0 Å². The zero-order valence-electron chi connectivity index (χ0n) is 9.23. The van der Waals surface area contributed by atoms with E-state index >= 15 is 0 Å². The number of amidine groups is 1. The van der Waals surface area contributed by atoms with Crippen LogP contribution in [0.25, 0.3) is 0 Å². The topological polar surface area (TPSA) is 135 Å². The molecular weight excluding hydrogens is 258 g/mol. The molecule has 0 atom stereocenters. The number of hydrogen-bond acceptors (Lipinski definition) is 7. The normalized spacial score (nSPS) is 11.7. The lowest BCUT2D eigenvalue weighted by atomic mass is 10.4. The summed E-state index contributed by atoms with van der Waals surface area (Å²) in [7, 11) is 1.56. The monoisotopic (exact) mass is 267 g/mol. The summed E-state index contributed by atoms with van der Waals surface area (Å²) >= 11 is 1.08. The van der Waals surface area contributed by atoms with Crippen molar-refractivity contribution in [3.05, 3.63) is 28.6 Å². The zero-order valence-corrected chi connectivity index (χ0v) is 10.0. The van der Waals surface area contributed by atoms with Crippen molar-refractivity contribution < 1.29 is 5.21 Å². The van der Waals surface area contributed by atoms with Gasteiger partial charge in [-0.1, -0.05) is 5.16 Å². The van der Waals surface area contributed by atoms with Gasteiger partial charge in [0, 0.05) is 19.4 Å². The van der Waals surface area contributed by atoms with Crippen LogP contribution in [0, 0.1) is 0 Å². The van der Waals surface area contributed by atoms with E-state index in [2.05, 4.69) is 25.3 Å². The highest BCUT2D eigenvalue weighted by molar-refractivity contribution is 7.99. The summed E-state index contributed by atoms with van der Waals surface area (Å²) in [6, 6.07) is 0. The lowest BCUT2D eigenvalue weighted by molar-refractivity contribution is 0.318. The fourth-order valence-corrected chi connectivity index (χ4v) is 1.98. The van der Waals surface area contributed by atoms with E-state index in [0.717, 1.165) is 11.8 Å². The van der Waals surface area contributed by atoms with Gasteiger partial charge in [-0.05, 0) is 11.8 Å². The molecule has 18 heavy (non-hydrogen) atoms. The van der Waals surface area contributed by atoms with Crippen LogP contribution >= 0.6 is 11.8 Å². The van der Waals surface area contributed by atoms with Gasteiger partial charge in [0.05, 0.1) is 0 Å². The van der Waals surface area contributed by atoms with Crippen molar-refractivity contribution in [2.45, 2.75) is 10.2 Å². The molecule has 0 aromatic carbocycles. The maximum Gasteiger partial charge on any atom is 0.343 e. The van der Waals surface area contributed by atoms with Crippen molar-refractivity contribution in [2.24, 2.45) is 17.9 Å². The molecule has 0 fully saturated rings. The van der Waals surface area contributed by atoms with E-state index in [1.807, 2.05) is 0 Å². The Morgan fingerprint density at radius 2 is 2.28 bits per heavy atom. The van der Waals surface area contributed by atoms with Crippen molar-refractivity contribution in [3.63, 3.8) is 0 Å². The highest BCUT2D eigenvalue weighted by Gasteiger charge is 2.14. The van der Waals surface area contributed by atoms with E-state index in [9.17, 15) is 4.79 Å². The number of H-pyrrole nitrogens is 1. The fourth-order valence-electron chi connectivity index (χ4n) is 1.13. The van der Waals surface area contributed by atoms with Crippen LogP contribution in [-0.4, -0.2) is 35.8 Å². The van der Waals surface area contributed by atoms with E-state index in [4.69, 9.17) is 10.9 Å². The quantitative estimate of drug-likeness (QED) is 0.285. The average molecular weight is 267 g/mol. The molecule has 0 aliphatic rings. The van der Waals surface area contributed by atoms with Gasteiger partial charge in [0.25, 0.3) is 0 Å². The lowest BCUT2D eigenvalue weighted by Crippen LogP contribution is -2.17. The Labute approximate surface area is 105 Å². The summed E-state index contributed by atoms with van der Waals surface area (Å²) in [5.74, 6) is -0.161. The first-order valence-electron chi connectivity index (χ1n) is 4.71. The van der Waals surface area contributed by atoms with Crippen molar-refractivity contribution in [2.75, 3.05) is 0 Å². The fraction of sp³-hybridized carbons (Fsp3) is 0.125. The Morgan fingerprint density at radius 3 is 2.89 bits per heavy atom. The van der Waals surface area contributed by atoms with Gasteiger partial charge in [0.2, 0.25) is 0 Å². The van der Waals surface area contributed by atoms with Gasteiger partial charge in [0.15, 0.2) is 11.0 Å². The zero-order chi connectivity index (χ0) is 13.1. The minimum absolute atomic E-state index is 0.161. The Morgan fingerprint density at radius 1 is 1.56 bits per heavy atom. The molecule has 9 nitrogen and oxygen atoms in total. The number of nitrogens with one attached hydrogen (secondary N) is 1. The second kappa shape index (κ2) is 4.87. The van der Waals surface area contributed by atoms with Gasteiger partial charge in [-0.25, -0.2) is 19.9 Å². The molecule has 2 heterocycles. The third kappa shape index (κ3) is 2.18. The molecule has 0 bridgehead atoms. The standard InChI is InChI=1S/C8H9N7O2S/c1-15-7(16)12-13-8(15)18-6-4(5(9)14-17)10-2-3-11-6/h2-3,17H,1H3,(H2,9,14)(H,12,16). The Hall–Kier alpha value is -2.36. The average Bonchev–Trinajstić information content (AvgIpc) is 2.70. The highest BCUT2D eigenvalue weighted by atomic mass is 32.2. The second-order valence-corrected chi connectivity index (χ2v) is 4.12. The molecule has 2 aromatic rings. The number of nitrogens with two attached hydrogens (primary N) is 1. The van der Waals surface area contributed by atoms with Crippen molar-refractivity contribution in [1.29, 1.82) is 0 Å². The molecule has 0 aliphatic carbocycles. The Bertz CT molecular complexity index is 647. The molecule has 94 valence electrons. The van der Waals surface area contributed by atoms with Crippen molar-refractivity contribution in [3.8, 4) is 0 Å². The molecule has 0 amide bonds. The predicted octanol–water partition coefficient (Wildman–Crippen LogP) is -0.856. The van der Waals surface area contributed by atoms with Crippen LogP contribution in [0.1, 0.15) is 5.69 Å². The smallest absolute Gasteiger partial charge is 0.343 e. The van der Waals surface area contributed by atoms with Gasteiger partial charge < -0.3 is 10.9 Å². The van der Waals surface area contributed by atoms with Gasteiger partial charge in [-0.15, -0.1) is 5.10 Å². The first kappa shape index (κ1) is 12.1. The number of aromatic nitrogens is 5. The predicted molar refractivity (Wildman–Crippen MR) is 62.5 cm³/mol. The molecule has 4 N–H and O–H groups in total. The molecule has 0 aliphatic heterocycles. The van der Waals surface area contributed by atoms with Gasteiger partial charge in [-0.3, -0.25) is 4.57 Å². The van der Waals surface area contributed by atoms with E-state index in [1.54, 1.807) is 7.05 Å². The Kier molecular flexibility index (Phi) is 3.28. The lowest BCUT2D eigenvalue weighted by Gasteiger charge is -2.04. The molecule has 2 rings (SSSR count). The van der Waals surface area contributed by atoms with Crippen LogP contribution in [0.5, 0.6) is 0 Å². The third-order valence-corrected chi connectivity index (χ3v) is 3.08. The summed E-state index contributed by atoms with van der Waals surface area (Å²) in [6.45, 7) is 0. The summed E-state index contributed by atoms with van der Waals surface area (Å²) in [5.41, 5.74) is 5.36. The largest absolute Gasteiger partial charge is 0.409 e. The third-order valence-electron chi connectivity index (χ3n) is 2.04. The Balaban J connectivity index is 2.41. The molecular formula is C8H9N7O2S.